The molecule has 0 radical (unpaired) electrons. The number of aliphatic carboxylic acids is 1. The molecular weight excluding hydrogens is 1490 g/mol. The quantitative estimate of drug-likeness (QED) is 0.0290. The highest BCUT2D eigenvalue weighted by molar-refractivity contribution is 5.98. The maximum absolute atomic E-state index is 15.1. The molecule has 7 rings (SSSR count). The average molecular weight is 1600 g/mol. The first-order valence-electron chi connectivity index (χ1n) is 36.1. The number of likely N-dealkylation sites (tertiary alicyclic amines) is 3. The molecule has 7 aliphatic heterocycles. The van der Waals surface area contributed by atoms with Crippen molar-refractivity contribution in [2.24, 2.45) is 5.73 Å². The van der Waals surface area contributed by atoms with Crippen LogP contribution >= 0.6 is 0 Å². The van der Waals surface area contributed by atoms with Crippen LogP contribution in [-0.4, -0.2) is 394 Å². The Kier molecular flexibility index (Phi) is 32.5. The minimum atomic E-state index is -3.34. The van der Waals surface area contributed by atoms with Crippen molar-refractivity contribution in [1.29, 1.82) is 0 Å². The molecular formula is C65H104N12O34. The van der Waals surface area contributed by atoms with Crippen LogP contribution in [0.15, 0.2) is 0 Å². The molecule has 12 amide bonds. The van der Waals surface area contributed by atoms with Crippen molar-refractivity contribution in [2.45, 2.75) is 270 Å². The summed E-state index contributed by atoms with van der Waals surface area (Å²) >= 11 is 0. The largest absolute Gasteiger partial charge is 0.477 e. The van der Waals surface area contributed by atoms with E-state index in [0.29, 0.717) is 12.8 Å². The summed E-state index contributed by atoms with van der Waals surface area (Å²) in [6.45, 7) is 1.47. The van der Waals surface area contributed by atoms with Gasteiger partial charge in [-0.05, 0) is 59.3 Å². The van der Waals surface area contributed by atoms with Crippen LogP contribution in [0.1, 0.15) is 93.4 Å². The highest BCUT2D eigenvalue weighted by atomic mass is 16.8. The highest BCUT2D eigenvalue weighted by Gasteiger charge is 2.61. The lowest BCUT2D eigenvalue weighted by atomic mass is 9.88. The number of hydrogen-bond donors (Lipinski definition) is 22. The van der Waals surface area contributed by atoms with Gasteiger partial charge >= 0.3 is 5.97 Å². The second kappa shape index (κ2) is 39.9. The van der Waals surface area contributed by atoms with E-state index >= 15 is 4.79 Å². The average Bonchev–Trinajstić information content (AvgIpc) is 1.71. The van der Waals surface area contributed by atoms with E-state index in [2.05, 4.69) is 42.5 Å². The molecule has 7 aliphatic rings. The predicted octanol–water partition coefficient (Wildman–Crippen LogP) is -14.1. The molecule has 0 aromatic carbocycles. The normalized spacial score (nSPS) is 34.1. The minimum absolute atomic E-state index is 0.0638. The first-order valence-corrected chi connectivity index (χ1v) is 36.1. The van der Waals surface area contributed by atoms with Crippen LogP contribution in [0.3, 0.4) is 0 Å². The standard InChI is InChI=1S/C65H104N12O34/c1-24(54(66)95)68-57(98)33-12-9-15-76(33)60(101)34-13-10-16-77(34)59(100)25(2)69-58(99)41(74-55(96)31(19-78)73-40(88)18-67-56(97)32-11-8-14-75(32)30(7)85)26(3)105-62-44(72-29(6)84)51(48(92)39(108-62)23-104-61-43(71-28(5)83)49(93)46(90)37(21-80)106-61)109-63-50(94)53(47(91)38(22-81)107-63)111-65(64(102)103)17-35(86)42(70-27(4)82)52(110-65)45(89)36(87)20-79/h24-26,31-39,41-53,61-63,78-81,86-87,89-94H,8-23H2,1-7H3,(H2,66,95)(H,67,97)(H,68,98)(H,69,99)(H,70,82)(H,71,83)(H,72,84)(H,73,88)(H,74,96)(H,102,103)/t24?,25?,26?,31?,32?,33?,34?,35-,36-,37?,38?,39?,41?,42-,43+,44+,45-,46-,47+,48+,49?,50+,51?,52?,53?,61-,62+,63+,65+/m1/s1. The molecule has 7 heterocycles. The summed E-state index contributed by atoms with van der Waals surface area (Å²) in [5.41, 5.74) is 5.36. The summed E-state index contributed by atoms with van der Waals surface area (Å²) in [6.07, 6.45) is -38.5. The molecule has 0 aromatic rings. The van der Waals surface area contributed by atoms with Gasteiger partial charge in [0.15, 0.2) is 18.9 Å². The number of aliphatic hydroxyl groups is 12. The SMILES string of the molecule is CC(=O)N[C@H]1C(O)[C@H](O)C(CO)O[C@H]1OCC1O[C@H](OC(C)C(NC(=O)C(CO)NC(=O)CNC(=O)C2CCCN2C(C)=O)C(=O)NC(C)C(=O)N2CCCC2C(=O)N2CCCC2C(=O)NC(C)C(N)=O)[C@@H](NC(C)=O)C(O[C@@H]2OC(CO)[C@H](O)C(O[C@]3(C(=O)O)C[C@@H](O)[C@@H](NC(C)=O)C([C@H](O)[C@H](O)CO)O3)[C@@H]2O)[C@H]1O. The summed E-state index contributed by atoms with van der Waals surface area (Å²) < 4.78 is 48.1. The van der Waals surface area contributed by atoms with Crippen molar-refractivity contribution in [3.63, 3.8) is 0 Å². The van der Waals surface area contributed by atoms with Crippen molar-refractivity contribution in [3.8, 4) is 0 Å². The molecule has 0 aromatic heterocycles. The maximum Gasteiger partial charge on any atom is 0.364 e. The molecule has 0 bridgehead atoms. The van der Waals surface area contributed by atoms with E-state index in [-0.39, 0.29) is 45.3 Å². The van der Waals surface area contributed by atoms with Gasteiger partial charge in [-0.3, -0.25) is 57.5 Å². The van der Waals surface area contributed by atoms with Crippen LogP contribution in [0.4, 0.5) is 0 Å². The zero-order valence-corrected chi connectivity index (χ0v) is 61.8. The van der Waals surface area contributed by atoms with Gasteiger partial charge in [-0.2, -0.15) is 0 Å². The smallest absolute Gasteiger partial charge is 0.364 e. The fourth-order valence-electron chi connectivity index (χ4n) is 14.3. The molecule has 23 N–H and O–H groups in total. The van der Waals surface area contributed by atoms with Gasteiger partial charge in [0.25, 0.3) is 5.79 Å². The number of ether oxygens (including phenoxy) is 8. The van der Waals surface area contributed by atoms with E-state index < -0.39 is 299 Å². The Labute approximate surface area is 633 Å². The number of nitrogens with two attached hydrogens (primary N) is 1. The van der Waals surface area contributed by atoms with E-state index in [1.807, 2.05) is 0 Å². The van der Waals surface area contributed by atoms with Crippen molar-refractivity contribution >= 4 is 76.9 Å². The van der Waals surface area contributed by atoms with Gasteiger partial charge in [-0.15, -0.1) is 0 Å². The van der Waals surface area contributed by atoms with E-state index in [4.69, 9.17) is 43.6 Å². The van der Waals surface area contributed by atoms with Crippen molar-refractivity contribution in [3.05, 3.63) is 0 Å². The van der Waals surface area contributed by atoms with Gasteiger partial charge in [-0.1, -0.05) is 0 Å². The number of carboxylic acids is 1. The fourth-order valence-corrected chi connectivity index (χ4v) is 14.3. The Balaban J connectivity index is 1.26. The third kappa shape index (κ3) is 21.8. The molecule has 7 fully saturated rings. The number of nitrogens with one attached hydrogen (secondary N) is 8. The topological polar surface area (TPSA) is 691 Å². The van der Waals surface area contributed by atoms with E-state index in [9.17, 15) is 124 Å². The summed E-state index contributed by atoms with van der Waals surface area (Å²) in [5, 5.41) is 163. The van der Waals surface area contributed by atoms with E-state index in [0.717, 1.165) is 32.6 Å². The summed E-state index contributed by atoms with van der Waals surface area (Å²) in [4.78, 5) is 178. The lowest BCUT2D eigenvalue weighted by Gasteiger charge is -2.51. The van der Waals surface area contributed by atoms with Crippen molar-refractivity contribution < 1.29 is 167 Å². The lowest BCUT2D eigenvalue weighted by Crippen LogP contribution is -2.71. The molecule has 111 heavy (non-hydrogen) atoms. The van der Waals surface area contributed by atoms with Gasteiger partial charge in [0.2, 0.25) is 70.9 Å². The number of carbonyl (C=O) groups is 13. The number of carboxylic acid groups (broad SMARTS) is 1. The Morgan fingerprint density at radius 3 is 1.70 bits per heavy atom. The van der Waals surface area contributed by atoms with Gasteiger partial charge in [0.1, 0.15) is 134 Å². The molecule has 15 unspecified atom stereocenters. The van der Waals surface area contributed by atoms with Gasteiger partial charge in [0.05, 0.1) is 57.8 Å². The number of hydrogen-bond acceptors (Lipinski definition) is 33. The predicted molar refractivity (Wildman–Crippen MR) is 362 cm³/mol. The number of primary amides is 1. The first-order chi connectivity index (χ1) is 52.2. The summed E-state index contributed by atoms with van der Waals surface area (Å²) in [5.74, 6) is -16.3. The Bertz CT molecular complexity index is 3320. The number of amides is 12. The van der Waals surface area contributed by atoms with Crippen LogP contribution in [0.25, 0.3) is 0 Å². The van der Waals surface area contributed by atoms with Crippen LogP contribution in [0, 0.1) is 0 Å². The minimum Gasteiger partial charge on any atom is -0.477 e. The highest BCUT2D eigenvalue weighted by Crippen LogP contribution is 2.39. The number of rotatable bonds is 33. The molecule has 7 saturated heterocycles. The van der Waals surface area contributed by atoms with Crippen molar-refractivity contribution in [2.75, 3.05) is 59.2 Å². The van der Waals surface area contributed by atoms with Gasteiger partial charge < -0.3 is 167 Å². The van der Waals surface area contributed by atoms with Gasteiger partial charge in [0, 0.05) is 53.8 Å². The van der Waals surface area contributed by atoms with E-state index in [1.165, 1.54) is 30.6 Å². The maximum atomic E-state index is 15.1. The molecule has 46 heteroatoms. The zero-order chi connectivity index (χ0) is 82.5. The first kappa shape index (κ1) is 90.5. The molecule has 0 spiro atoms. The monoisotopic (exact) mass is 1600 g/mol. The van der Waals surface area contributed by atoms with Crippen LogP contribution in [0.2, 0.25) is 0 Å². The fraction of sp³-hybridized carbons (Fsp3) is 0.800. The van der Waals surface area contributed by atoms with Crippen LogP contribution < -0.4 is 48.3 Å². The molecule has 46 nitrogen and oxygen atoms in total. The number of nitrogens with zero attached hydrogens (tertiary/aromatic N) is 3. The third-order valence-electron chi connectivity index (χ3n) is 20.1. The van der Waals surface area contributed by atoms with Gasteiger partial charge in [-0.25, -0.2) is 4.79 Å². The molecule has 0 aliphatic carbocycles. The van der Waals surface area contributed by atoms with E-state index in [1.54, 1.807) is 0 Å². The second-order valence-electron chi connectivity index (χ2n) is 28.3. The zero-order valence-electron chi connectivity index (χ0n) is 61.8. The van der Waals surface area contributed by atoms with Crippen LogP contribution in [0.5, 0.6) is 0 Å². The van der Waals surface area contributed by atoms with Crippen molar-refractivity contribution in [1.82, 2.24) is 57.2 Å². The number of carbonyl (C=O) groups excluding carboxylic acids is 12. The summed E-state index contributed by atoms with van der Waals surface area (Å²) in [6, 6.07) is -15.7. The molecule has 29 atom stereocenters. The van der Waals surface area contributed by atoms with Crippen LogP contribution in [-0.2, 0) is 100 Å². The molecule has 0 saturated carbocycles. The number of aliphatic hydroxyl groups excluding tert-OH is 12. The Morgan fingerprint density at radius 1 is 0.577 bits per heavy atom. The third-order valence-corrected chi connectivity index (χ3v) is 20.1. The second-order valence-corrected chi connectivity index (χ2v) is 28.3. The lowest BCUT2D eigenvalue weighted by molar-refractivity contribution is -0.382. The Morgan fingerprint density at radius 2 is 1.13 bits per heavy atom. The molecule has 628 valence electrons. The Hall–Kier alpha value is -7.69. The summed E-state index contributed by atoms with van der Waals surface area (Å²) in [7, 11) is 0.